The maximum absolute atomic E-state index is 12.2. The summed E-state index contributed by atoms with van der Waals surface area (Å²) in [5, 5.41) is 4.61. The number of thiophene rings is 1. The third-order valence-electron chi connectivity index (χ3n) is 3.11. The van der Waals surface area contributed by atoms with Gasteiger partial charge in [-0.3, -0.25) is 4.79 Å². The van der Waals surface area contributed by atoms with Crippen LogP contribution in [-0.2, 0) is 16.6 Å². The van der Waals surface area contributed by atoms with E-state index >= 15 is 0 Å². The van der Waals surface area contributed by atoms with E-state index in [0.717, 1.165) is 4.88 Å². The zero-order chi connectivity index (χ0) is 16.7. The molecule has 0 fully saturated rings. The van der Waals surface area contributed by atoms with E-state index in [1.807, 2.05) is 17.5 Å². The van der Waals surface area contributed by atoms with Crippen LogP contribution in [0.2, 0.25) is 0 Å². The third-order valence-corrected chi connectivity index (χ3v) is 5.40. The Balaban J connectivity index is 1.98. The fourth-order valence-corrected chi connectivity index (χ4v) is 3.60. The average molecular weight is 353 g/mol. The lowest BCUT2D eigenvalue weighted by Crippen LogP contribution is -2.26. The number of hydrogen-bond donors (Lipinski definition) is 3. The van der Waals surface area contributed by atoms with E-state index in [1.54, 1.807) is 0 Å². The maximum Gasteiger partial charge on any atom is 0.251 e. The normalized spacial score (nSPS) is 11.3. The fourth-order valence-electron chi connectivity index (χ4n) is 1.85. The van der Waals surface area contributed by atoms with Gasteiger partial charge in [0, 0.05) is 23.5 Å². The topological polar surface area (TPSA) is 101 Å². The molecule has 0 unspecified atom stereocenters. The van der Waals surface area contributed by atoms with E-state index in [9.17, 15) is 13.2 Å². The number of nitrogens with two attached hydrogens (primary N) is 1. The summed E-state index contributed by atoms with van der Waals surface area (Å²) in [5.74, 6) is -0.242. The molecule has 23 heavy (non-hydrogen) atoms. The van der Waals surface area contributed by atoms with Crippen LogP contribution < -0.4 is 15.8 Å². The second-order valence-electron chi connectivity index (χ2n) is 4.83. The Labute approximate surface area is 139 Å². The monoisotopic (exact) mass is 353 g/mol. The first kappa shape index (κ1) is 17.6. The molecular formula is C15H19N3O3S2. The Bertz CT molecular complexity index is 726. The summed E-state index contributed by atoms with van der Waals surface area (Å²) < 4.78 is 26.9. The predicted molar refractivity (Wildman–Crippen MR) is 90.8 cm³/mol. The van der Waals surface area contributed by atoms with Gasteiger partial charge in [-0.15, -0.1) is 11.3 Å². The van der Waals surface area contributed by atoms with Gasteiger partial charge >= 0.3 is 0 Å². The number of benzene rings is 1. The summed E-state index contributed by atoms with van der Waals surface area (Å²) in [7, 11) is -3.59. The van der Waals surface area contributed by atoms with Crippen molar-refractivity contribution in [1.29, 1.82) is 0 Å². The smallest absolute Gasteiger partial charge is 0.251 e. The van der Waals surface area contributed by atoms with Crippen LogP contribution in [0, 0.1) is 0 Å². The minimum atomic E-state index is -3.59. The van der Waals surface area contributed by atoms with Gasteiger partial charge in [-0.2, -0.15) is 0 Å². The maximum atomic E-state index is 12.2. The van der Waals surface area contributed by atoms with E-state index in [0.29, 0.717) is 25.1 Å². The molecule has 0 aliphatic carbocycles. The lowest BCUT2D eigenvalue weighted by Gasteiger charge is -2.07. The standard InChI is InChI=1S/C15H19N3O3S2/c16-8-2-9-17-15(19)12-4-6-14(7-5-12)23(20,21)18-11-13-3-1-10-22-13/h1,3-7,10,18H,2,8-9,11,16H2,(H,17,19). The first-order valence-corrected chi connectivity index (χ1v) is 9.49. The van der Waals surface area contributed by atoms with E-state index in [4.69, 9.17) is 5.73 Å². The van der Waals surface area contributed by atoms with Crippen molar-refractivity contribution in [2.45, 2.75) is 17.9 Å². The SMILES string of the molecule is NCCCNC(=O)c1ccc(S(=O)(=O)NCc2cccs2)cc1. The first-order valence-electron chi connectivity index (χ1n) is 7.13. The number of nitrogens with one attached hydrogen (secondary N) is 2. The molecule has 0 radical (unpaired) electrons. The highest BCUT2D eigenvalue weighted by atomic mass is 32.2. The van der Waals surface area contributed by atoms with Crippen molar-refractivity contribution < 1.29 is 13.2 Å². The molecule has 2 rings (SSSR count). The zero-order valence-electron chi connectivity index (χ0n) is 12.5. The largest absolute Gasteiger partial charge is 0.352 e. The lowest BCUT2D eigenvalue weighted by atomic mass is 10.2. The first-order chi connectivity index (χ1) is 11.0. The summed E-state index contributed by atoms with van der Waals surface area (Å²) in [6, 6.07) is 9.58. The van der Waals surface area contributed by atoms with Gasteiger partial charge < -0.3 is 11.1 Å². The van der Waals surface area contributed by atoms with Gasteiger partial charge in [-0.1, -0.05) is 6.07 Å². The summed E-state index contributed by atoms with van der Waals surface area (Å²) in [4.78, 5) is 12.9. The zero-order valence-corrected chi connectivity index (χ0v) is 14.1. The molecule has 6 nitrogen and oxygen atoms in total. The Hall–Kier alpha value is -1.74. The number of sulfonamides is 1. The summed E-state index contributed by atoms with van der Waals surface area (Å²) in [6.07, 6.45) is 0.699. The van der Waals surface area contributed by atoms with Crippen molar-refractivity contribution in [1.82, 2.24) is 10.0 Å². The van der Waals surface area contributed by atoms with E-state index in [1.165, 1.54) is 35.6 Å². The highest BCUT2D eigenvalue weighted by molar-refractivity contribution is 7.89. The highest BCUT2D eigenvalue weighted by Crippen LogP contribution is 2.13. The second-order valence-corrected chi connectivity index (χ2v) is 7.63. The number of rotatable bonds is 8. The van der Waals surface area contributed by atoms with E-state index < -0.39 is 10.0 Å². The van der Waals surface area contributed by atoms with Crippen LogP contribution >= 0.6 is 11.3 Å². The Morgan fingerprint density at radius 1 is 1.17 bits per heavy atom. The molecular weight excluding hydrogens is 334 g/mol. The fraction of sp³-hybridized carbons (Fsp3) is 0.267. The van der Waals surface area contributed by atoms with Gasteiger partial charge in [-0.05, 0) is 48.7 Å². The lowest BCUT2D eigenvalue weighted by molar-refractivity contribution is 0.0953. The average Bonchev–Trinajstić information content (AvgIpc) is 3.07. The van der Waals surface area contributed by atoms with Crippen LogP contribution in [0.5, 0.6) is 0 Å². The van der Waals surface area contributed by atoms with Crippen LogP contribution in [0.3, 0.4) is 0 Å². The molecule has 1 aromatic heterocycles. The summed E-state index contributed by atoms with van der Waals surface area (Å²) >= 11 is 1.49. The van der Waals surface area contributed by atoms with Gasteiger partial charge in [0.15, 0.2) is 0 Å². The molecule has 0 bridgehead atoms. The molecule has 1 amide bonds. The van der Waals surface area contributed by atoms with E-state index in [2.05, 4.69) is 10.0 Å². The third kappa shape index (κ3) is 5.14. The summed E-state index contributed by atoms with van der Waals surface area (Å²) in [6.45, 7) is 1.26. The van der Waals surface area contributed by atoms with Crippen LogP contribution in [0.25, 0.3) is 0 Å². The van der Waals surface area contributed by atoms with Crippen LogP contribution in [-0.4, -0.2) is 27.4 Å². The van der Waals surface area contributed by atoms with Crippen LogP contribution in [0.4, 0.5) is 0 Å². The minimum absolute atomic E-state index is 0.132. The van der Waals surface area contributed by atoms with Gasteiger partial charge in [0.05, 0.1) is 4.90 Å². The molecule has 8 heteroatoms. The van der Waals surface area contributed by atoms with Gasteiger partial charge in [0.2, 0.25) is 10.0 Å². The molecule has 0 spiro atoms. The van der Waals surface area contributed by atoms with Crippen LogP contribution in [0.15, 0.2) is 46.7 Å². The summed E-state index contributed by atoms with van der Waals surface area (Å²) in [5.41, 5.74) is 5.78. The molecule has 0 aliphatic rings. The number of carbonyl (C=O) groups is 1. The van der Waals surface area contributed by atoms with Crippen molar-refractivity contribution in [3.63, 3.8) is 0 Å². The van der Waals surface area contributed by atoms with E-state index in [-0.39, 0.29) is 17.3 Å². The van der Waals surface area contributed by atoms with Gasteiger partial charge in [-0.25, -0.2) is 13.1 Å². The molecule has 2 aromatic rings. The molecule has 1 aromatic carbocycles. The quantitative estimate of drug-likeness (QED) is 0.623. The molecule has 124 valence electrons. The Kier molecular flexibility index (Phi) is 6.28. The molecule has 0 saturated heterocycles. The molecule has 0 aliphatic heterocycles. The van der Waals surface area contributed by atoms with Crippen LogP contribution in [0.1, 0.15) is 21.7 Å². The molecule has 4 N–H and O–H groups in total. The molecule has 1 heterocycles. The Morgan fingerprint density at radius 2 is 1.91 bits per heavy atom. The minimum Gasteiger partial charge on any atom is -0.352 e. The van der Waals surface area contributed by atoms with Gasteiger partial charge in [0.25, 0.3) is 5.91 Å². The van der Waals surface area contributed by atoms with Crippen molar-refractivity contribution in [3.8, 4) is 0 Å². The van der Waals surface area contributed by atoms with Gasteiger partial charge in [0.1, 0.15) is 0 Å². The molecule has 0 saturated carbocycles. The van der Waals surface area contributed by atoms with Crippen molar-refractivity contribution in [2.75, 3.05) is 13.1 Å². The van der Waals surface area contributed by atoms with Crippen molar-refractivity contribution >= 4 is 27.3 Å². The molecule has 0 atom stereocenters. The number of amides is 1. The van der Waals surface area contributed by atoms with Crippen molar-refractivity contribution in [2.24, 2.45) is 5.73 Å². The van der Waals surface area contributed by atoms with Crippen molar-refractivity contribution in [3.05, 3.63) is 52.2 Å². The Morgan fingerprint density at radius 3 is 2.52 bits per heavy atom. The number of carbonyl (C=O) groups excluding carboxylic acids is 1. The highest BCUT2D eigenvalue weighted by Gasteiger charge is 2.14. The number of hydrogen-bond acceptors (Lipinski definition) is 5. The predicted octanol–water partition coefficient (Wildman–Crippen LogP) is 1.31. The second kappa shape index (κ2) is 8.21.